The van der Waals surface area contributed by atoms with Gasteiger partial charge in [-0.15, -0.1) is 0 Å². The molecule has 1 heterocycles. The van der Waals surface area contributed by atoms with Gasteiger partial charge in [-0.25, -0.2) is 0 Å². The second-order valence-corrected chi connectivity index (χ2v) is 8.38. The first-order chi connectivity index (χ1) is 8.18. The van der Waals surface area contributed by atoms with Crippen LogP contribution >= 0.6 is 11.6 Å². The molecule has 17 heavy (non-hydrogen) atoms. The highest BCUT2D eigenvalue weighted by molar-refractivity contribution is 6.39. The van der Waals surface area contributed by atoms with Gasteiger partial charge in [0.2, 0.25) is 0 Å². The van der Waals surface area contributed by atoms with Gasteiger partial charge in [0.1, 0.15) is 0 Å². The van der Waals surface area contributed by atoms with Crippen molar-refractivity contribution in [1.82, 2.24) is 0 Å². The van der Waals surface area contributed by atoms with E-state index in [1.54, 1.807) is 0 Å². The van der Waals surface area contributed by atoms with E-state index in [4.69, 9.17) is 16.3 Å². The first-order valence-corrected chi connectivity index (χ1v) is 8.65. The van der Waals surface area contributed by atoms with Crippen LogP contribution in [0.1, 0.15) is 31.7 Å². The molecule has 0 radical (unpaired) electrons. The molecule has 1 aliphatic rings. The Morgan fingerprint density at radius 2 is 2.29 bits per heavy atom. The molecular formula is C14H21ClOSi. The molecule has 1 unspecified atom stereocenters. The third-order valence-electron chi connectivity index (χ3n) is 3.61. The molecule has 1 atom stereocenters. The van der Waals surface area contributed by atoms with E-state index in [0.717, 1.165) is 18.1 Å². The Hall–Kier alpha value is -0.313. The van der Waals surface area contributed by atoms with E-state index < -0.39 is 0 Å². The summed E-state index contributed by atoms with van der Waals surface area (Å²) in [5, 5.41) is 1.11. The maximum absolute atomic E-state index is 5.99. The van der Waals surface area contributed by atoms with E-state index in [1.165, 1.54) is 30.9 Å². The molecule has 0 bridgehead atoms. The van der Waals surface area contributed by atoms with E-state index >= 15 is 0 Å². The molecule has 0 N–H and O–H groups in total. The largest absolute Gasteiger partial charge is 0.379 e. The highest BCUT2D eigenvalue weighted by atomic mass is 35.5. The van der Waals surface area contributed by atoms with Gasteiger partial charge in [-0.1, -0.05) is 29.8 Å². The van der Waals surface area contributed by atoms with Crippen LogP contribution in [0.5, 0.6) is 0 Å². The Labute approximate surface area is 111 Å². The lowest BCUT2D eigenvalue weighted by Gasteiger charge is -2.33. The van der Waals surface area contributed by atoms with Crippen LogP contribution in [0, 0.1) is 0 Å². The van der Waals surface area contributed by atoms with Gasteiger partial charge < -0.3 is 4.74 Å². The molecule has 3 heteroatoms. The fraction of sp³-hybridized carbons (Fsp3) is 0.571. The summed E-state index contributed by atoms with van der Waals surface area (Å²) in [7, 11) is -0.152. The first kappa shape index (κ1) is 13.1. The van der Waals surface area contributed by atoms with Crippen LogP contribution in [0.3, 0.4) is 0 Å². The fourth-order valence-electron chi connectivity index (χ4n) is 2.55. The molecule has 0 aliphatic carbocycles. The van der Waals surface area contributed by atoms with E-state index in [2.05, 4.69) is 19.1 Å². The Morgan fingerprint density at radius 1 is 1.41 bits per heavy atom. The van der Waals surface area contributed by atoms with Gasteiger partial charge in [0.15, 0.2) is 0 Å². The van der Waals surface area contributed by atoms with Gasteiger partial charge in [0.25, 0.3) is 0 Å². The van der Waals surface area contributed by atoms with Crippen molar-refractivity contribution >= 4 is 21.1 Å². The molecule has 2 rings (SSSR count). The molecule has 1 nitrogen and oxygen atoms in total. The zero-order valence-electron chi connectivity index (χ0n) is 10.5. The summed E-state index contributed by atoms with van der Waals surface area (Å²) < 4.78 is 5.96. The molecular weight excluding hydrogens is 248 g/mol. The standard InChI is InChI=1S/C14H21ClOSi/c1-14(8-2-3-9-16-14)17-10-7-12-5-4-6-13(15)11-12/h4-6,11H,2-3,7-10,17H2,1H3. The molecule has 1 aromatic rings. The maximum Gasteiger partial charge on any atom is 0.0594 e. The molecule has 0 spiro atoms. The van der Waals surface area contributed by atoms with Crippen LogP contribution in [-0.2, 0) is 11.2 Å². The number of ether oxygens (including phenoxy) is 1. The predicted octanol–water partition coefficient (Wildman–Crippen LogP) is 3.39. The van der Waals surface area contributed by atoms with Crippen molar-refractivity contribution in [2.75, 3.05) is 6.61 Å². The van der Waals surface area contributed by atoms with Crippen molar-refractivity contribution in [3.8, 4) is 0 Å². The number of halogens is 1. The Bertz CT molecular complexity index is 361. The number of rotatable bonds is 4. The summed E-state index contributed by atoms with van der Waals surface area (Å²) in [6.07, 6.45) is 5.03. The highest BCUT2D eigenvalue weighted by Gasteiger charge is 2.27. The first-order valence-electron chi connectivity index (χ1n) is 6.56. The van der Waals surface area contributed by atoms with E-state index in [0.29, 0.717) is 0 Å². The van der Waals surface area contributed by atoms with E-state index in [1.807, 2.05) is 12.1 Å². The zero-order chi connectivity index (χ0) is 12.1. The molecule has 94 valence electrons. The van der Waals surface area contributed by atoms with Crippen LogP contribution in [0.15, 0.2) is 24.3 Å². The maximum atomic E-state index is 5.99. The van der Waals surface area contributed by atoms with Crippen LogP contribution in [0.4, 0.5) is 0 Å². The Balaban J connectivity index is 1.79. The SMILES string of the molecule is CC1([SiH2]CCc2cccc(Cl)c2)CCCCO1. The lowest BCUT2D eigenvalue weighted by molar-refractivity contribution is -0.00729. The zero-order valence-corrected chi connectivity index (χ0v) is 12.7. The van der Waals surface area contributed by atoms with Gasteiger partial charge in [0, 0.05) is 16.9 Å². The van der Waals surface area contributed by atoms with Gasteiger partial charge in [0.05, 0.1) is 9.52 Å². The average Bonchev–Trinajstić information content (AvgIpc) is 2.30. The fourth-order valence-corrected chi connectivity index (χ4v) is 4.88. The van der Waals surface area contributed by atoms with Crippen molar-refractivity contribution in [3.05, 3.63) is 34.9 Å². The Kier molecular flexibility index (Phi) is 4.66. The molecule has 1 aromatic carbocycles. The van der Waals surface area contributed by atoms with Crippen LogP contribution in [-0.4, -0.2) is 21.4 Å². The summed E-state index contributed by atoms with van der Waals surface area (Å²) in [5.41, 5.74) is 1.37. The minimum Gasteiger partial charge on any atom is -0.379 e. The second-order valence-electron chi connectivity index (χ2n) is 5.24. The van der Waals surface area contributed by atoms with Crippen molar-refractivity contribution in [1.29, 1.82) is 0 Å². The van der Waals surface area contributed by atoms with Crippen molar-refractivity contribution in [3.63, 3.8) is 0 Å². The smallest absolute Gasteiger partial charge is 0.0594 e. The summed E-state index contributed by atoms with van der Waals surface area (Å²) in [4.78, 5) is 0. The molecule has 0 saturated carbocycles. The third-order valence-corrected chi connectivity index (χ3v) is 6.17. The van der Waals surface area contributed by atoms with Gasteiger partial charge in [-0.3, -0.25) is 0 Å². The Morgan fingerprint density at radius 3 is 3.00 bits per heavy atom. The minimum absolute atomic E-state index is 0.152. The normalized spacial score (nSPS) is 25.5. The van der Waals surface area contributed by atoms with E-state index in [-0.39, 0.29) is 14.7 Å². The van der Waals surface area contributed by atoms with Crippen LogP contribution < -0.4 is 0 Å². The lowest BCUT2D eigenvalue weighted by Crippen LogP contribution is -2.39. The summed E-state index contributed by atoms with van der Waals surface area (Å²) in [6.45, 7) is 3.29. The summed E-state index contributed by atoms with van der Waals surface area (Å²) in [6, 6.07) is 9.55. The van der Waals surface area contributed by atoms with E-state index in [9.17, 15) is 0 Å². The topological polar surface area (TPSA) is 9.23 Å². The third kappa shape index (κ3) is 4.13. The summed E-state index contributed by atoms with van der Waals surface area (Å²) >= 11 is 5.99. The number of hydrogen-bond donors (Lipinski definition) is 0. The minimum atomic E-state index is -0.152. The molecule has 1 saturated heterocycles. The van der Waals surface area contributed by atoms with Gasteiger partial charge in [-0.2, -0.15) is 0 Å². The highest BCUT2D eigenvalue weighted by Crippen LogP contribution is 2.24. The lowest BCUT2D eigenvalue weighted by atomic mass is 10.1. The predicted molar refractivity (Wildman–Crippen MR) is 76.7 cm³/mol. The van der Waals surface area contributed by atoms with Crippen LogP contribution in [0.25, 0.3) is 0 Å². The molecule has 1 fully saturated rings. The summed E-state index contributed by atoms with van der Waals surface area (Å²) in [5.74, 6) is 0. The molecule has 0 aromatic heterocycles. The van der Waals surface area contributed by atoms with Crippen molar-refractivity contribution in [2.45, 2.75) is 43.9 Å². The molecule has 1 aliphatic heterocycles. The number of aryl methyl sites for hydroxylation is 1. The number of benzene rings is 1. The van der Waals surface area contributed by atoms with Gasteiger partial charge >= 0.3 is 0 Å². The quantitative estimate of drug-likeness (QED) is 0.761. The molecule has 0 amide bonds. The average molecular weight is 269 g/mol. The monoisotopic (exact) mass is 268 g/mol. The number of hydrogen-bond acceptors (Lipinski definition) is 1. The van der Waals surface area contributed by atoms with Crippen molar-refractivity contribution < 1.29 is 4.74 Å². The van der Waals surface area contributed by atoms with Gasteiger partial charge in [-0.05, 0) is 50.3 Å². The van der Waals surface area contributed by atoms with Crippen molar-refractivity contribution in [2.24, 2.45) is 0 Å². The van der Waals surface area contributed by atoms with Crippen LogP contribution in [0.2, 0.25) is 11.1 Å². The second kappa shape index (κ2) is 6.03.